The number of para-hydroxylation sites is 1. The third-order valence-corrected chi connectivity index (χ3v) is 7.18. The van der Waals surface area contributed by atoms with Crippen molar-refractivity contribution in [1.82, 2.24) is 0 Å². The van der Waals surface area contributed by atoms with Crippen molar-refractivity contribution in [2.45, 2.75) is 59.1 Å². The van der Waals surface area contributed by atoms with Gasteiger partial charge in [0.05, 0.1) is 16.8 Å². The summed E-state index contributed by atoms with van der Waals surface area (Å²) in [5, 5.41) is 15.9. The molecule has 0 spiro atoms. The average Bonchev–Trinajstić information content (AvgIpc) is 3.08. The van der Waals surface area contributed by atoms with Crippen LogP contribution in [0.3, 0.4) is 0 Å². The van der Waals surface area contributed by atoms with Crippen LogP contribution in [0.5, 0.6) is 0 Å². The molecule has 2 amide bonds. The van der Waals surface area contributed by atoms with Gasteiger partial charge in [-0.05, 0) is 54.7 Å². The van der Waals surface area contributed by atoms with Crippen molar-refractivity contribution in [3.8, 4) is 0 Å². The van der Waals surface area contributed by atoms with Gasteiger partial charge < -0.3 is 20.5 Å². The third-order valence-electron chi connectivity index (χ3n) is 6.01. The number of rotatable bonds is 6. The minimum atomic E-state index is -4.65. The summed E-state index contributed by atoms with van der Waals surface area (Å²) in [5.74, 6) is -2.41. The number of hydrogen-bond acceptors (Lipinski definition) is 5. The molecule has 0 radical (unpaired) electrons. The van der Waals surface area contributed by atoms with Crippen molar-refractivity contribution >= 4 is 39.8 Å². The molecule has 184 valence electrons. The van der Waals surface area contributed by atoms with Crippen LogP contribution in [0.2, 0.25) is 0 Å². The van der Waals surface area contributed by atoms with E-state index in [1.54, 1.807) is 0 Å². The van der Waals surface area contributed by atoms with E-state index in [2.05, 4.69) is 31.4 Å². The molecule has 2 aromatic rings. The highest BCUT2D eigenvalue weighted by molar-refractivity contribution is 7.17. The molecular weight excluding hydrogens is 469 g/mol. The normalized spacial score (nSPS) is 16.0. The zero-order chi connectivity index (χ0) is 25.3. The van der Waals surface area contributed by atoms with Gasteiger partial charge in [-0.2, -0.15) is 13.2 Å². The monoisotopic (exact) mass is 495 g/mol. The van der Waals surface area contributed by atoms with Crippen molar-refractivity contribution in [2.24, 2.45) is 11.3 Å². The zero-order valence-electron chi connectivity index (χ0n) is 19.1. The summed E-state index contributed by atoms with van der Waals surface area (Å²) in [6, 6.07) is 4.69. The summed E-state index contributed by atoms with van der Waals surface area (Å²) >= 11 is 1.21. The first kappa shape index (κ1) is 25.7. The molecule has 10 heteroatoms. The number of carbonyl (C=O) groups is 3. The predicted octanol–water partition coefficient (Wildman–Crippen LogP) is 4.64. The van der Waals surface area contributed by atoms with Gasteiger partial charge in [0.15, 0.2) is 0 Å². The fraction of sp³-hybridized carbons (Fsp3) is 0.458. The molecule has 3 rings (SSSR count). The van der Waals surface area contributed by atoms with Gasteiger partial charge in [0.25, 0.3) is 5.91 Å². The molecular formula is C24H26F3N2O4S-. The SMILES string of the molecule is CC(C)(C)[C@H]1CCc2c(sc(NC(=O)CCC(=O)[O-])c2C(=O)Nc2ccccc2C(F)(F)F)C1. The second-order valence-electron chi connectivity index (χ2n) is 9.43. The van der Waals surface area contributed by atoms with Gasteiger partial charge in [0, 0.05) is 17.3 Å². The quantitative estimate of drug-likeness (QED) is 0.610. The molecule has 6 nitrogen and oxygen atoms in total. The molecule has 1 atom stereocenters. The molecule has 1 aromatic carbocycles. The van der Waals surface area contributed by atoms with Crippen molar-refractivity contribution in [1.29, 1.82) is 0 Å². The molecule has 0 saturated heterocycles. The highest BCUT2D eigenvalue weighted by Gasteiger charge is 2.36. The average molecular weight is 496 g/mol. The number of amides is 2. The molecule has 1 heterocycles. The molecule has 34 heavy (non-hydrogen) atoms. The Bertz CT molecular complexity index is 1100. The van der Waals surface area contributed by atoms with E-state index in [-0.39, 0.29) is 28.1 Å². The van der Waals surface area contributed by atoms with Gasteiger partial charge in [-0.3, -0.25) is 9.59 Å². The Morgan fingerprint density at radius 3 is 2.38 bits per heavy atom. The molecule has 1 aliphatic rings. The maximum Gasteiger partial charge on any atom is 0.418 e. The van der Waals surface area contributed by atoms with Crippen molar-refractivity contribution in [3.63, 3.8) is 0 Å². The Balaban J connectivity index is 1.96. The Morgan fingerprint density at radius 1 is 1.09 bits per heavy atom. The fourth-order valence-electron chi connectivity index (χ4n) is 4.08. The molecule has 0 aliphatic heterocycles. The fourth-order valence-corrected chi connectivity index (χ4v) is 5.42. The predicted molar refractivity (Wildman–Crippen MR) is 122 cm³/mol. The number of halogens is 3. The number of fused-ring (bicyclic) bond motifs is 1. The van der Waals surface area contributed by atoms with Crippen LogP contribution in [-0.4, -0.2) is 17.8 Å². The maximum absolute atomic E-state index is 13.4. The lowest BCUT2D eigenvalue weighted by atomic mass is 9.72. The third kappa shape index (κ3) is 5.97. The second-order valence-corrected chi connectivity index (χ2v) is 10.5. The summed E-state index contributed by atoms with van der Waals surface area (Å²) in [7, 11) is 0. The number of carbonyl (C=O) groups excluding carboxylic acids is 3. The molecule has 1 aliphatic carbocycles. The Labute approximate surface area is 199 Å². The van der Waals surface area contributed by atoms with Crippen LogP contribution < -0.4 is 15.7 Å². The van der Waals surface area contributed by atoms with Crippen LogP contribution in [0.1, 0.15) is 66.4 Å². The molecule has 0 saturated carbocycles. The van der Waals surface area contributed by atoms with Gasteiger partial charge in [-0.15, -0.1) is 11.3 Å². The summed E-state index contributed by atoms with van der Waals surface area (Å²) in [6.07, 6.45) is -3.45. The Morgan fingerprint density at radius 2 is 1.76 bits per heavy atom. The number of benzene rings is 1. The Hall–Kier alpha value is -2.88. The summed E-state index contributed by atoms with van der Waals surface area (Å²) < 4.78 is 40.2. The van der Waals surface area contributed by atoms with E-state index < -0.39 is 35.9 Å². The standard InChI is InChI=1S/C24H27F3N2O4S/c1-23(2,3)13-8-9-14-17(12-13)34-22(29-18(30)10-11-19(31)32)20(14)21(33)28-16-7-5-4-6-15(16)24(25,26)27/h4-7,13H,8-12H2,1-3H3,(H,28,33)(H,29,30)(H,31,32)/p-1/t13-/m0/s1. The first-order valence-electron chi connectivity index (χ1n) is 10.9. The topological polar surface area (TPSA) is 98.3 Å². The summed E-state index contributed by atoms with van der Waals surface area (Å²) in [5.41, 5.74) is -0.487. The Kier molecular flexibility index (Phi) is 7.40. The molecule has 0 bridgehead atoms. The molecule has 0 unspecified atom stereocenters. The van der Waals surface area contributed by atoms with E-state index in [0.29, 0.717) is 24.3 Å². The lowest BCUT2D eigenvalue weighted by Crippen LogP contribution is -2.27. The lowest BCUT2D eigenvalue weighted by molar-refractivity contribution is -0.305. The van der Waals surface area contributed by atoms with E-state index >= 15 is 0 Å². The second kappa shape index (κ2) is 9.77. The number of anilines is 2. The molecule has 1 aromatic heterocycles. The minimum absolute atomic E-state index is 0.0215. The van der Waals surface area contributed by atoms with Gasteiger partial charge in [0.2, 0.25) is 5.91 Å². The highest BCUT2D eigenvalue weighted by atomic mass is 32.1. The van der Waals surface area contributed by atoms with Crippen LogP contribution in [0.4, 0.5) is 23.9 Å². The number of carboxylic acids is 1. The minimum Gasteiger partial charge on any atom is -0.550 e. The van der Waals surface area contributed by atoms with E-state index in [1.807, 2.05) is 0 Å². The van der Waals surface area contributed by atoms with Crippen molar-refractivity contribution in [3.05, 3.63) is 45.8 Å². The number of aliphatic carboxylic acids is 1. The van der Waals surface area contributed by atoms with E-state index in [9.17, 15) is 32.7 Å². The van der Waals surface area contributed by atoms with Crippen molar-refractivity contribution in [2.75, 3.05) is 10.6 Å². The highest BCUT2D eigenvalue weighted by Crippen LogP contribution is 2.45. The van der Waals surface area contributed by atoms with Gasteiger partial charge in [-0.1, -0.05) is 32.9 Å². The first-order valence-corrected chi connectivity index (χ1v) is 11.7. The molecule has 2 N–H and O–H groups in total. The number of carboxylic acid groups (broad SMARTS) is 1. The number of nitrogens with one attached hydrogen (secondary N) is 2. The van der Waals surface area contributed by atoms with E-state index in [4.69, 9.17) is 0 Å². The van der Waals surface area contributed by atoms with E-state index in [1.165, 1.54) is 29.5 Å². The molecule has 0 fully saturated rings. The van der Waals surface area contributed by atoms with Crippen LogP contribution in [0.25, 0.3) is 0 Å². The van der Waals surface area contributed by atoms with Gasteiger partial charge in [0.1, 0.15) is 5.00 Å². The van der Waals surface area contributed by atoms with Gasteiger partial charge >= 0.3 is 6.18 Å². The lowest BCUT2D eigenvalue weighted by Gasteiger charge is -2.33. The van der Waals surface area contributed by atoms with Crippen LogP contribution in [0.15, 0.2) is 24.3 Å². The summed E-state index contributed by atoms with van der Waals surface area (Å²) in [4.78, 5) is 37.1. The van der Waals surface area contributed by atoms with Crippen LogP contribution in [0, 0.1) is 11.3 Å². The van der Waals surface area contributed by atoms with Gasteiger partial charge in [-0.25, -0.2) is 0 Å². The van der Waals surface area contributed by atoms with Crippen molar-refractivity contribution < 1.29 is 32.7 Å². The smallest absolute Gasteiger partial charge is 0.418 e. The maximum atomic E-state index is 13.4. The first-order chi connectivity index (χ1) is 15.8. The number of hydrogen-bond donors (Lipinski definition) is 2. The van der Waals surface area contributed by atoms with Crippen LogP contribution in [-0.2, 0) is 28.6 Å². The summed E-state index contributed by atoms with van der Waals surface area (Å²) in [6.45, 7) is 6.38. The van der Waals surface area contributed by atoms with E-state index in [0.717, 1.165) is 17.4 Å². The number of thiophene rings is 1. The zero-order valence-corrected chi connectivity index (χ0v) is 19.9. The van der Waals surface area contributed by atoms with Crippen LogP contribution >= 0.6 is 11.3 Å². The largest absolute Gasteiger partial charge is 0.550 e. The number of alkyl halides is 3.